The van der Waals surface area contributed by atoms with Crippen LogP contribution in [-0.4, -0.2) is 12.7 Å². The first kappa shape index (κ1) is 13.0. The van der Waals surface area contributed by atoms with E-state index in [0.717, 1.165) is 17.1 Å². The number of aryl methyl sites for hydroxylation is 2. The summed E-state index contributed by atoms with van der Waals surface area (Å²) >= 11 is 0. The third-order valence-electron chi connectivity index (χ3n) is 3.39. The van der Waals surface area contributed by atoms with Gasteiger partial charge in [-0.3, -0.25) is 0 Å². The highest BCUT2D eigenvalue weighted by Crippen LogP contribution is 2.29. The van der Waals surface area contributed by atoms with E-state index < -0.39 is 0 Å². The molecule has 0 amide bonds. The first-order chi connectivity index (χ1) is 9.60. The van der Waals surface area contributed by atoms with Gasteiger partial charge in [-0.25, -0.2) is 4.39 Å². The average molecular weight is 272 g/mol. The Morgan fingerprint density at radius 1 is 1.15 bits per heavy atom. The van der Waals surface area contributed by atoms with Crippen molar-refractivity contribution in [2.24, 2.45) is 0 Å². The van der Waals surface area contributed by atoms with Crippen LogP contribution in [0.15, 0.2) is 36.4 Å². The van der Waals surface area contributed by atoms with Crippen LogP contribution in [0.4, 0.5) is 4.39 Å². The van der Waals surface area contributed by atoms with Crippen LogP contribution >= 0.6 is 0 Å². The molecule has 0 aliphatic carbocycles. The first-order valence-electron chi connectivity index (χ1n) is 6.76. The molecule has 0 saturated carbocycles. The average Bonchev–Trinajstić information content (AvgIpc) is 2.77. The summed E-state index contributed by atoms with van der Waals surface area (Å²) in [6.45, 7) is 4.56. The number of fused-ring (bicyclic) bond motifs is 1. The van der Waals surface area contributed by atoms with Crippen LogP contribution in [0.25, 0.3) is 0 Å². The highest BCUT2D eigenvalue weighted by Gasteiger charge is 2.23. The molecule has 20 heavy (non-hydrogen) atoms. The molecule has 0 fully saturated rings. The van der Waals surface area contributed by atoms with E-state index in [-0.39, 0.29) is 11.9 Å². The van der Waals surface area contributed by atoms with Gasteiger partial charge >= 0.3 is 0 Å². The van der Waals surface area contributed by atoms with Gasteiger partial charge in [0.2, 0.25) is 0 Å². The molecule has 0 bridgehead atoms. The second kappa shape index (κ2) is 5.16. The Kier molecular flexibility index (Phi) is 3.35. The van der Waals surface area contributed by atoms with Crippen molar-refractivity contribution in [1.82, 2.24) is 0 Å². The van der Waals surface area contributed by atoms with E-state index in [4.69, 9.17) is 9.47 Å². The van der Waals surface area contributed by atoms with E-state index in [1.54, 1.807) is 6.07 Å². The fraction of sp³-hybridized carbons (Fsp3) is 0.294. The van der Waals surface area contributed by atoms with Gasteiger partial charge in [-0.2, -0.15) is 0 Å². The summed E-state index contributed by atoms with van der Waals surface area (Å²) in [6, 6.07) is 10.8. The summed E-state index contributed by atoms with van der Waals surface area (Å²) < 4.78 is 24.7. The molecule has 0 N–H and O–H groups in total. The quantitative estimate of drug-likeness (QED) is 0.845. The van der Waals surface area contributed by atoms with E-state index in [9.17, 15) is 4.39 Å². The maximum absolute atomic E-state index is 13.1. The van der Waals surface area contributed by atoms with Gasteiger partial charge in [-0.05, 0) is 55.3 Å². The third-order valence-corrected chi connectivity index (χ3v) is 3.39. The number of ether oxygens (including phenoxy) is 2. The van der Waals surface area contributed by atoms with E-state index >= 15 is 0 Å². The second-order valence-electron chi connectivity index (χ2n) is 5.33. The minimum atomic E-state index is -0.219. The van der Waals surface area contributed by atoms with Gasteiger partial charge in [0.05, 0.1) is 0 Å². The molecule has 3 rings (SSSR count). The Hall–Kier alpha value is -2.03. The molecule has 2 aromatic carbocycles. The topological polar surface area (TPSA) is 18.5 Å². The predicted molar refractivity (Wildman–Crippen MR) is 75.9 cm³/mol. The largest absolute Gasteiger partial charge is 0.490 e. The fourth-order valence-corrected chi connectivity index (χ4v) is 2.59. The van der Waals surface area contributed by atoms with Crippen LogP contribution in [0, 0.1) is 19.7 Å². The normalized spacial score (nSPS) is 16.6. The van der Waals surface area contributed by atoms with E-state index in [0.29, 0.717) is 13.0 Å². The van der Waals surface area contributed by atoms with Crippen molar-refractivity contribution in [2.75, 3.05) is 6.61 Å². The zero-order valence-electron chi connectivity index (χ0n) is 11.7. The summed E-state index contributed by atoms with van der Waals surface area (Å²) in [5, 5.41) is 0. The Bertz CT molecular complexity index is 617. The summed E-state index contributed by atoms with van der Waals surface area (Å²) in [5.74, 6) is 1.40. The van der Waals surface area contributed by atoms with E-state index in [1.807, 2.05) is 26.0 Å². The number of halogens is 1. The highest BCUT2D eigenvalue weighted by atomic mass is 19.1. The van der Waals surface area contributed by atoms with Crippen LogP contribution < -0.4 is 9.47 Å². The molecule has 0 aromatic heterocycles. The molecule has 1 aliphatic heterocycles. The lowest BCUT2D eigenvalue weighted by Crippen LogP contribution is -2.22. The number of benzene rings is 2. The van der Waals surface area contributed by atoms with Crippen molar-refractivity contribution < 1.29 is 13.9 Å². The van der Waals surface area contributed by atoms with Crippen LogP contribution in [0.2, 0.25) is 0 Å². The van der Waals surface area contributed by atoms with Gasteiger partial charge in [-0.1, -0.05) is 6.07 Å². The Labute approximate surface area is 118 Å². The van der Waals surface area contributed by atoms with Crippen LogP contribution in [-0.2, 0) is 6.42 Å². The third kappa shape index (κ3) is 2.77. The van der Waals surface area contributed by atoms with Gasteiger partial charge in [-0.15, -0.1) is 0 Å². The van der Waals surface area contributed by atoms with Gasteiger partial charge in [0, 0.05) is 12.0 Å². The monoisotopic (exact) mass is 272 g/mol. The van der Waals surface area contributed by atoms with Crippen molar-refractivity contribution >= 4 is 0 Å². The molecule has 2 aromatic rings. The van der Waals surface area contributed by atoms with Gasteiger partial charge in [0.25, 0.3) is 0 Å². The Morgan fingerprint density at radius 3 is 2.65 bits per heavy atom. The van der Waals surface area contributed by atoms with Crippen molar-refractivity contribution in [3.05, 3.63) is 58.9 Å². The first-order valence-corrected chi connectivity index (χ1v) is 6.76. The van der Waals surface area contributed by atoms with Crippen LogP contribution in [0.5, 0.6) is 11.5 Å². The predicted octanol–water partition coefficient (Wildman–Crippen LogP) is 3.83. The fourth-order valence-electron chi connectivity index (χ4n) is 2.59. The molecule has 0 unspecified atom stereocenters. The van der Waals surface area contributed by atoms with Gasteiger partial charge in [0.15, 0.2) is 0 Å². The standard InChI is InChI=1S/C17H17FO2/c1-11-5-12(2)7-15(6-11)19-10-16-9-13-8-14(18)3-4-17(13)20-16/h3-8,16H,9-10H2,1-2H3/t16-/m1/s1. The zero-order valence-corrected chi connectivity index (χ0v) is 11.7. The Morgan fingerprint density at radius 2 is 1.90 bits per heavy atom. The van der Waals surface area contributed by atoms with E-state index in [1.165, 1.54) is 23.3 Å². The molecule has 0 radical (unpaired) electrons. The van der Waals surface area contributed by atoms with Gasteiger partial charge < -0.3 is 9.47 Å². The maximum Gasteiger partial charge on any atom is 0.137 e. The SMILES string of the molecule is Cc1cc(C)cc(OC[C@H]2Cc3cc(F)ccc3O2)c1. The molecular formula is C17H17FO2. The lowest BCUT2D eigenvalue weighted by Gasteiger charge is -2.13. The number of hydrogen-bond donors (Lipinski definition) is 0. The van der Waals surface area contributed by atoms with Crippen LogP contribution in [0.3, 0.4) is 0 Å². The molecule has 0 spiro atoms. The van der Waals surface area contributed by atoms with Crippen molar-refractivity contribution in [3.8, 4) is 11.5 Å². The zero-order chi connectivity index (χ0) is 14.1. The van der Waals surface area contributed by atoms with Crippen molar-refractivity contribution in [3.63, 3.8) is 0 Å². The van der Waals surface area contributed by atoms with Crippen molar-refractivity contribution in [1.29, 1.82) is 0 Å². The lowest BCUT2D eigenvalue weighted by molar-refractivity contribution is 0.148. The molecule has 1 heterocycles. The Balaban J connectivity index is 1.63. The highest BCUT2D eigenvalue weighted by molar-refractivity contribution is 5.38. The molecular weight excluding hydrogens is 255 g/mol. The second-order valence-corrected chi connectivity index (χ2v) is 5.33. The number of rotatable bonds is 3. The summed E-state index contributed by atoms with van der Waals surface area (Å²) in [4.78, 5) is 0. The van der Waals surface area contributed by atoms with Crippen LogP contribution in [0.1, 0.15) is 16.7 Å². The summed E-state index contributed by atoms with van der Waals surface area (Å²) in [6.07, 6.45) is 0.644. The minimum absolute atomic E-state index is 0.0485. The van der Waals surface area contributed by atoms with Crippen molar-refractivity contribution in [2.45, 2.75) is 26.4 Å². The minimum Gasteiger partial charge on any atom is -0.490 e. The lowest BCUT2D eigenvalue weighted by atomic mass is 10.1. The number of hydrogen-bond acceptors (Lipinski definition) is 2. The smallest absolute Gasteiger partial charge is 0.137 e. The van der Waals surface area contributed by atoms with E-state index in [2.05, 4.69) is 6.07 Å². The molecule has 2 nitrogen and oxygen atoms in total. The maximum atomic E-state index is 13.1. The molecule has 1 aliphatic rings. The molecule has 1 atom stereocenters. The molecule has 3 heteroatoms. The van der Waals surface area contributed by atoms with Gasteiger partial charge in [0.1, 0.15) is 30.0 Å². The summed E-state index contributed by atoms with van der Waals surface area (Å²) in [5.41, 5.74) is 3.27. The molecule has 0 saturated heterocycles. The summed E-state index contributed by atoms with van der Waals surface area (Å²) in [7, 11) is 0. The molecule has 104 valence electrons.